The first kappa shape index (κ1) is 18.0. The number of benzene rings is 1. The molecule has 3 aliphatic rings. The molecule has 6 heteroatoms. The van der Waals surface area contributed by atoms with E-state index in [1.54, 1.807) is 0 Å². The number of piperidine rings is 1. The molecule has 0 radical (unpaired) electrons. The van der Waals surface area contributed by atoms with Crippen LogP contribution in [-0.4, -0.2) is 56.0 Å². The Bertz CT molecular complexity index is 756. The number of ether oxygens (including phenoxy) is 1. The lowest BCUT2D eigenvalue weighted by Crippen LogP contribution is -2.57. The van der Waals surface area contributed by atoms with E-state index in [4.69, 9.17) is 4.74 Å². The van der Waals surface area contributed by atoms with Crippen molar-refractivity contribution in [3.63, 3.8) is 0 Å². The molecule has 1 aromatic rings. The summed E-state index contributed by atoms with van der Waals surface area (Å²) in [5.41, 5.74) is 0.538. The first-order chi connectivity index (χ1) is 12.4. The highest BCUT2D eigenvalue weighted by Crippen LogP contribution is 2.44. The summed E-state index contributed by atoms with van der Waals surface area (Å²) < 4.78 is 29.7. The van der Waals surface area contributed by atoms with Gasteiger partial charge in [0.2, 0.25) is 5.91 Å². The van der Waals surface area contributed by atoms with E-state index in [1.807, 2.05) is 30.3 Å². The molecule has 26 heavy (non-hydrogen) atoms. The van der Waals surface area contributed by atoms with Crippen LogP contribution in [0.25, 0.3) is 0 Å². The Balaban J connectivity index is 1.66. The lowest BCUT2D eigenvalue weighted by Gasteiger charge is -2.45. The molecule has 3 saturated heterocycles. The lowest BCUT2D eigenvalue weighted by atomic mass is 9.72. The third kappa shape index (κ3) is 2.97. The number of amides is 1. The predicted octanol–water partition coefficient (Wildman–Crippen LogP) is 2.30. The van der Waals surface area contributed by atoms with E-state index in [1.165, 1.54) is 6.26 Å². The molecule has 0 aliphatic carbocycles. The van der Waals surface area contributed by atoms with Gasteiger partial charge in [-0.15, -0.1) is 0 Å². The topological polar surface area (TPSA) is 63.7 Å². The Morgan fingerprint density at radius 3 is 2.19 bits per heavy atom. The zero-order chi connectivity index (χ0) is 18.4. The fourth-order valence-corrected chi connectivity index (χ4v) is 6.30. The lowest BCUT2D eigenvalue weighted by molar-refractivity contribution is -0.145. The van der Waals surface area contributed by atoms with Crippen molar-refractivity contribution in [3.8, 4) is 0 Å². The average molecular weight is 378 g/mol. The number of carbonyl (C=O) groups is 1. The van der Waals surface area contributed by atoms with E-state index in [9.17, 15) is 13.2 Å². The quantitative estimate of drug-likeness (QED) is 0.811. The molecule has 4 rings (SSSR count). The van der Waals surface area contributed by atoms with Crippen LogP contribution in [0.15, 0.2) is 30.3 Å². The number of fused-ring (bicyclic) bond motifs is 2. The van der Waals surface area contributed by atoms with Gasteiger partial charge in [0.05, 0.1) is 10.7 Å². The number of hydrogen-bond donors (Lipinski definition) is 0. The van der Waals surface area contributed by atoms with Crippen molar-refractivity contribution in [2.24, 2.45) is 0 Å². The fourth-order valence-electron chi connectivity index (χ4n) is 5.16. The zero-order valence-electron chi connectivity index (χ0n) is 15.3. The monoisotopic (exact) mass is 377 g/mol. The minimum absolute atomic E-state index is 0.0596. The standard InChI is InChI=1S/C20H27NO4S/c1-26(23,24)18-13-16-7-8-17(14-18)21(16)19(22)20(9-11-25-12-10-20)15-5-3-2-4-6-15/h2-6,16-18H,7-14H2,1H3. The summed E-state index contributed by atoms with van der Waals surface area (Å²) in [4.78, 5) is 15.9. The molecule has 3 fully saturated rings. The van der Waals surface area contributed by atoms with Crippen LogP contribution in [0, 0.1) is 0 Å². The highest BCUT2D eigenvalue weighted by Gasteiger charge is 2.52. The van der Waals surface area contributed by atoms with Crippen molar-refractivity contribution in [2.75, 3.05) is 19.5 Å². The molecule has 2 bridgehead atoms. The second kappa shape index (κ2) is 6.64. The van der Waals surface area contributed by atoms with Crippen LogP contribution < -0.4 is 0 Å². The molecule has 5 nitrogen and oxygen atoms in total. The Morgan fingerprint density at radius 1 is 1.08 bits per heavy atom. The summed E-state index contributed by atoms with van der Waals surface area (Å²) in [6.07, 6.45) is 5.74. The van der Waals surface area contributed by atoms with E-state index in [2.05, 4.69) is 4.90 Å². The largest absolute Gasteiger partial charge is 0.381 e. The van der Waals surface area contributed by atoms with E-state index >= 15 is 0 Å². The minimum Gasteiger partial charge on any atom is -0.381 e. The van der Waals surface area contributed by atoms with Crippen molar-refractivity contribution < 1.29 is 17.9 Å². The van der Waals surface area contributed by atoms with Crippen molar-refractivity contribution in [1.29, 1.82) is 0 Å². The first-order valence-electron chi connectivity index (χ1n) is 9.57. The molecule has 2 atom stereocenters. The smallest absolute Gasteiger partial charge is 0.233 e. The Morgan fingerprint density at radius 2 is 1.65 bits per heavy atom. The van der Waals surface area contributed by atoms with Gasteiger partial charge in [-0.25, -0.2) is 8.42 Å². The van der Waals surface area contributed by atoms with E-state index < -0.39 is 15.3 Å². The first-order valence-corrected chi connectivity index (χ1v) is 11.5. The number of sulfone groups is 1. The van der Waals surface area contributed by atoms with Gasteiger partial charge in [-0.2, -0.15) is 0 Å². The Hall–Kier alpha value is -1.40. The maximum atomic E-state index is 13.8. The summed E-state index contributed by atoms with van der Waals surface area (Å²) in [6, 6.07) is 10.2. The van der Waals surface area contributed by atoms with Gasteiger partial charge in [0.15, 0.2) is 0 Å². The maximum Gasteiger partial charge on any atom is 0.233 e. The van der Waals surface area contributed by atoms with Crippen LogP contribution in [0.3, 0.4) is 0 Å². The maximum absolute atomic E-state index is 13.8. The van der Waals surface area contributed by atoms with E-state index in [0.29, 0.717) is 38.9 Å². The number of nitrogens with zero attached hydrogens (tertiary/aromatic N) is 1. The third-order valence-corrected chi connectivity index (χ3v) is 8.21. The van der Waals surface area contributed by atoms with Gasteiger partial charge in [0, 0.05) is 31.6 Å². The summed E-state index contributed by atoms with van der Waals surface area (Å²) >= 11 is 0. The summed E-state index contributed by atoms with van der Waals surface area (Å²) in [7, 11) is -3.05. The molecule has 2 unspecified atom stereocenters. The molecule has 0 saturated carbocycles. The Labute approximate surface area is 155 Å². The predicted molar refractivity (Wildman–Crippen MR) is 99.7 cm³/mol. The highest BCUT2D eigenvalue weighted by molar-refractivity contribution is 7.91. The minimum atomic E-state index is -3.05. The molecule has 3 aliphatic heterocycles. The molecule has 0 spiro atoms. The second-order valence-corrected chi connectivity index (χ2v) is 10.4. The molecule has 0 aromatic heterocycles. The number of rotatable bonds is 3. The highest BCUT2D eigenvalue weighted by atomic mass is 32.2. The normalized spacial score (nSPS) is 31.0. The number of carbonyl (C=O) groups excluding carboxylic acids is 1. The molecule has 3 heterocycles. The van der Waals surface area contributed by atoms with E-state index in [-0.39, 0.29) is 23.2 Å². The third-order valence-electron chi connectivity index (χ3n) is 6.61. The van der Waals surface area contributed by atoms with Gasteiger partial charge in [0.25, 0.3) is 0 Å². The second-order valence-electron chi connectivity index (χ2n) is 8.08. The van der Waals surface area contributed by atoms with Crippen molar-refractivity contribution in [1.82, 2.24) is 4.90 Å². The van der Waals surface area contributed by atoms with E-state index in [0.717, 1.165) is 18.4 Å². The van der Waals surface area contributed by atoms with Gasteiger partial charge in [-0.1, -0.05) is 30.3 Å². The van der Waals surface area contributed by atoms with Crippen LogP contribution in [0.2, 0.25) is 0 Å². The summed E-state index contributed by atoms with van der Waals surface area (Å²) in [5.74, 6) is 0.187. The van der Waals surface area contributed by atoms with Crippen LogP contribution in [-0.2, 0) is 24.8 Å². The van der Waals surface area contributed by atoms with Crippen LogP contribution >= 0.6 is 0 Å². The molecular formula is C20H27NO4S. The molecular weight excluding hydrogens is 350 g/mol. The fraction of sp³-hybridized carbons (Fsp3) is 0.650. The molecule has 1 amide bonds. The number of hydrogen-bond acceptors (Lipinski definition) is 4. The molecule has 142 valence electrons. The van der Waals surface area contributed by atoms with Gasteiger partial charge in [-0.05, 0) is 44.1 Å². The van der Waals surface area contributed by atoms with Crippen molar-refractivity contribution in [3.05, 3.63) is 35.9 Å². The average Bonchev–Trinajstić information content (AvgIpc) is 2.90. The van der Waals surface area contributed by atoms with Crippen LogP contribution in [0.1, 0.15) is 44.1 Å². The van der Waals surface area contributed by atoms with Gasteiger partial charge >= 0.3 is 0 Å². The molecule has 0 N–H and O–H groups in total. The van der Waals surface area contributed by atoms with Crippen molar-refractivity contribution in [2.45, 2.75) is 61.3 Å². The SMILES string of the molecule is CS(=O)(=O)C1CC2CCC(C1)N2C(=O)C1(c2ccccc2)CCOCC1. The van der Waals surface area contributed by atoms with Gasteiger partial charge < -0.3 is 9.64 Å². The zero-order valence-corrected chi connectivity index (χ0v) is 16.1. The van der Waals surface area contributed by atoms with Crippen LogP contribution in [0.5, 0.6) is 0 Å². The summed E-state index contributed by atoms with van der Waals surface area (Å²) in [5, 5.41) is -0.300. The van der Waals surface area contributed by atoms with Crippen LogP contribution in [0.4, 0.5) is 0 Å². The van der Waals surface area contributed by atoms with Gasteiger partial charge in [-0.3, -0.25) is 4.79 Å². The molecule has 1 aromatic carbocycles. The Kier molecular flexibility index (Phi) is 4.59. The summed E-state index contributed by atoms with van der Waals surface area (Å²) in [6.45, 7) is 1.19. The van der Waals surface area contributed by atoms with Gasteiger partial charge in [0.1, 0.15) is 9.84 Å². The van der Waals surface area contributed by atoms with Crippen molar-refractivity contribution >= 4 is 15.7 Å².